The Morgan fingerprint density at radius 2 is 1.68 bits per heavy atom. The van der Waals surface area contributed by atoms with Crippen molar-refractivity contribution >= 4 is 21.9 Å². The number of aliphatic hydroxyl groups excluding tert-OH is 1. The van der Waals surface area contributed by atoms with Crippen LogP contribution in [0, 0.1) is 13.8 Å². The van der Waals surface area contributed by atoms with Crippen molar-refractivity contribution in [2.45, 2.75) is 20.0 Å². The van der Waals surface area contributed by atoms with E-state index >= 15 is 0 Å². The van der Waals surface area contributed by atoms with Crippen molar-refractivity contribution in [2.24, 2.45) is 5.73 Å². The van der Waals surface area contributed by atoms with E-state index in [1.54, 1.807) is 26.0 Å². The first-order valence-electron chi connectivity index (χ1n) is 6.06. The zero-order valence-electron chi connectivity index (χ0n) is 10.7. The molecule has 0 amide bonds. The minimum atomic E-state index is -0.867. The first kappa shape index (κ1) is 12.1. The van der Waals surface area contributed by atoms with Gasteiger partial charge in [0.05, 0.1) is 11.5 Å². The molecule has 2 heterocycles. The van der Waals surface area contributed by atoms with Gasteiger partial charge in [0.1, 0.15) is 17.1 Å². The molecule has 3 aromatic rings. The molecular weight excluding hydrogens is 246 g/mol. The number of aliphatic hydroxyl groups is 1. The van der Waals surface area contributed by atoms with Crippen molar-refractivity contribution in [1.82, 2.24) is 0 Å². The summed E-state index contributed by atoms with van der Waals surface area (Å²) in [6, 6.07) is 3.48. The maximum absolute atomic E-state index is 10.2. The maximum Gasteiger partial charge on any atom is 0.177 e. The maximum atomic E-state index is 10.2. The molecule has 0 bridgehead atoms. The van der Waals surface area contributed by atoms with Crippen LogP contribution in [0.1, 0.15) is 23.2 Å². The average Bonchev–Trinajstić information content (AvgIpc) is 2.92. The number of aryl methyl sites for hydroxylation is 2. The molecule has 4 N–H and O–H groups in total. The summed E-state index contributed by atoms with van der Waals surface area (Å²) in [5, 5.41) is 21.5. The van der Waals surface area contributed by atoms with Crippen molar-refractivity contribution < 1.29 is 19.0 Å². The molecule has 5 heteroatoms. The number of hydrogen-bond acceptors (Lipinski definition) is 5. The second-order valence-electron chi connectivity index (χ2n) is 4.71. The van der Waals surface area contributed by atoms with Gasteiger partial charge >= 0.3 is 0 Å². The van der Waals surface area contributed by atoms with Gasteiger partial charge in [0.15, 0.2) is 11.3 Å². The lowest BCUT2D eigenvalue weighted by atomic mass is 10.0. The van der Waals surface area contributed by atoms with Gasteiger partial charge in [0.2, 0.25) is 0 Å². The average molecular weight is 261 g/mol. The van der Waals surface area contributed by atoms with E-state index in [9.17, 15) is 10.2 Å². The highest BCUT2D eigenvalue weighted by Crippen LogP contribution is 2.42. The van der Waals surface area contributed by atoms with E-state index in [1.807, 2.05) is 0 Å². The third-order valence-corrected chi connectivity index (χ3v) is 3.27. The molecule has 5 nitrogen and oxygen atoms in total. The van der Waals surface area contributed by atoms with Crippen LogP contribution in [0.5, 0.6) is 5.75 Å². The second-order valence-corrected chi connectivity index (χ2v) is 4.71. The van der Waals surface area contributed by atoms with Crippen LogP contribution in [0.2, 0.25) is 0 Å². The SMILES string of the molecule is Cc1cc2c(C(O)CN)c3oc(C)cc3c(O)c2o1. The molecule has 3 rings (SSSR count). The molecule has 0 saturated heterocycles. The number of furan rings is 2. The molecule has 1 aromatic carbocycles. The van der Waals surface area contributed by atoms with Gasteiger partial charge in [-0.2, -0.15) is 0 Å². The molecule has 0 radical (unpaired) electrons. The van der Waals surface area contributed by atoms with Crippen molar-refractivity contribution in [3.05, 3.63) is 29.2 Å². The number of aromatic hydroxyl groups is 1. The predicted molar refractivity (Wildman–Crippen MR) is 71.1 cm³/mol. The van der Waals surface area contributed by atoms with E-state index in [2.05, 4.69) is 0 Å². The first-order valence-corrected chi connectivity index (χ1v) is 6.06. The summed E-state index contributed by atoms with van der Waals surface area (Å²) in [6.07, 6.45) is -0.867. The fourth-order valence-electron chi connectivity index (χ4n) is 2.47. The molecule has 19 heavy (non-hydrogen) atoms. The minimum absolute atomic E-state index is 0.0305. The summed E-state index contributed by atoms with van der Waals surface area (Å²) in [5.74, 6) is 1.34. The highest BCUT2D eigenvalue weighted by Gasteiger charge is 2.23. The Hall–Kier alpha value is -1.98. The molecular formula is C14H15NO4. The third-order valence-electron chi connectivity index (χ3n) is 3.27. The van der Waals surface area contributed by atoms with Gasteiger partial charge in [-0.1, -0.05) is 0 Å². The highest BCUT2D eigenvalue weighted by atomic mass is 16.4. The molecule has 0 aliphatic heterocycles. The second kappa shape index (κ2) is 4.01. The zero-order chi connectivity index (χ0) is 13.7. The van der Waals surface area contributed by atoms with Gasteiger partial charge in [-0.05, 0) is 26.0 Å². The molecule has 0 fully saturated rings. The Labute approximate surface area is 109 Å². The van der Waals surface area contributed by atoms with Crippen LogP contribution >= 0.6 is 0 Å². The fourth-order valence-corrected chi connectivity index (χ4v) is 2.47. The van der Waals surface area contributed by atoms with Crippen LogP contribution in [-0.2, 0) is 0 Å². The number of phenols is 1. The lowest BCUT2D eigenvalue weighted by Crippen LogP contribution is -2.12. The normalized spacial score (nSPS) is 13.5. The van der Waals surface area contributed by atoms with Gasteiger partial charge in [-0.25, -0.2) is 0 Å². The number of hydrogen-bond donors (Lipinski definition) is 3. The first-order chi connectivity index (χ1) is 9.02. The van der Waals surface area contributed by atoms with Gasteiger partial charge in [-0.15, -0.1) is 0 Å². The molecule has 0 saturated carbocycles. The van der Waals surface area contributed by atoms with Crippen LogP contribution in [0.4, 0.5) is 0 Å². The summed E-state index contributed by atoms with van der Waals surface area (Å²) in [6.45, 7) is 3.63. The van der Waals surface area contributed by atoms with Crippen LogP contribution in [0.3, 0.4) is 0 Å². The standard InChI is InChI=1S/C14H15NO4/c1-6-3-8-11(10(16)5-15)13-9(4-7(2)18-13)12(17)14(8)19-6/h3-4,10,16-17H,5,15H2,1-2H3. The fraction of sp³-hybridized carbons (Fsp3) is 0.286. The van der Waals surface area contributed by atoms with Crippen molar-refractivity contribution in [1.29, 1.82) is 0 Å². The smallest absolute Gasteiger partial charge is 0.177 e. The molecule has 0 spiro atoms. The van der Waals surface area contributed by atoms with E-state index in [-0.39, 0.29) is 12.3 Å². The number of phenolic OH excluding ortho intramolecular Hbond substituents is 1. The number of fused-ring (bicyclic) bond motifs is 2. The Balaban J connectivity index is 2.54. The largest absolute Gasteiger partial charge is 0.504 e. The summed E-state index contributed by atoms with van der Waals surface area (Å²) < 4.78 is 11.1. The minimum Gasteiger partial charge on any atom is -0.504 e. The highest BCUT2D eigenvalue weighted by molar-refractivity contribution is 6.04. The van der Waals surface area contributed by atoms with Crippen molar-refractivity contribution in [2.75, 3.05) is 6.54 Å². The summed E-state index contributed by atoms with van der Waals surface area (Å²) in [7, 11) is 0. The lowest BCUT2D eigenvalue weighted by molar-refractivity contribution is 0.188. The summed E-state index contributed by atoms with van der Waals surface area (Å²) in [5.41, 5.74) is 6.93. The van der Waals surface area contributed by atoms with E-state index in [1.165, 1.54) is 0 Å². The quantitative estimate of drug-likeness (QED) is 0.659. The molecule has 100 valence electrons. The number of nitrogens with two attached hydrogens (primary N) is 1. The Morgan fingerprint density at radius 1 is 1.11 bits per heavy atom. The Kier molecular flexibility index (Phi) is 2.55. The molecule has 0 aliphatic rings. The van der Waals surface area contributed by atoms with Crippen molar-refractivity contribution in [3.63, 3.8) is 0 Å². The van der Waals surface area contributed by atoms with Crippen LogP contribution in [0.25, 0.3) is 21.9 Å². The van der Waals surface area contributed by atoms with Crippen LogP contribution in [0.15, 0.2) is 21.0 Å². The van der Waals surface area contributed by atoms with E-state index in [0.717, 1.165) is 0 Å². The summed E-state index contributed by atoms with van der Waals surface area (Å²) >= 11 is 0. The monoisotopic (exact) mass is 261 g/mol. The van der Waals surface area contributed by atoms with Gasteiger partial charge in [0.25, 0.3) is 0 Å². The molecule has 1 unspecified atom stereocenters. The van der Waals surface area contributed by atoms with Crippen LogP contribution in [-0.4, -0.2) is 16.8 Å². The van der Waals surface area contributed by atoms with E-state index in [4.69, 9.17) is 14.6 Å². The van der Waals surface area contributed by atoms with Gasteiger partial charge in [0, 0.05) is 17.5 Å². The predicted octanol–water partition coefficient (Wildman–Crippen LogP) is 2.49. The molecule has 2 aromatic heterocycles. The third kappa shape index (κ3) is 1.63. The van der Waals surface area contributed by atoms with Gasteiger partial charge in [-0.3, -0.25) is 0 Å². The molecule has 1 atom stereocenters. The molecule has 0 aliphatic carbocycles. The summed E-state index contributed by atoms with van der Waals surface area (Å²) in [4.78, 5) is 0. The Morgan fingerprint density at radius 3 is 2.32 bits per heavy atom. The number of benzene rings is 1. The Bertz CT molecular complexity index is 711. The van der Waals surface area contributed by atoms with Gasteiger partial charge < -0.3 is 24.8 Å². The lowest BCUT2D eigenvalue weighted by Gasteiger charge is -2.10. The van der Waals surface area contributed by atoms with Crippen molar-refractivity contribution in [3.8, 4) is 5.75 Å². The number of rotatable bonds is 2. The zero-order valence-corrected chi connectivity index (χ0v) is 10.7. The topological polar surface area (TPSA) is 92.8 Å². The van der Waals surface area contributed by atoms with E-state index < -0.39 is 6.10 Å². The van der Waals surface area contributed by atoms with Crippen LogP contribution < -0.4 is 5.73 Å². The van der Waals surface area contributed by atoms with E-state index in [0.29, 0.717) is 39.0 Å².